The van der Waals surface area contributed by atoms with Crippen LogP contribution in [0.3, 0.4) is 0 Å². The number of rotatable bonds is 20. The number of aryl methyl sites for hydroxylation is 2. The third-order valence-corrected chi connectivity index (χ3v) is 23.1. The van der Waals surface area contributed by atoms with Gasteiger partial charge in [-0.3, -0.25) is 70.0 Å². The summed E-state index contributed by atoms with van der Waals surface area (Å²) in [5.74, 6) is 7.67. The normalized spacial score (nSPS) is 16.1. The van der Waals surface area contributed by atoms with Gasteiger partial charge in [-0.15, -0.1) is 46.7 Å². The average Bonchev–Trinajstić information content (AvgIpc) is 1.64. The first kappa shape index (κ1) is 86.1. The molecular formula is C96H77N31O10. The smallest absolute Gasteiger partial charge is 0.329 e. The number of hydrogen-bond donors (Lipinski definition) is 6. The van der Waals surface area contributed by atoms with Gasteiger partial charge in [0.25, 0.3) is 23.6 Å². The molecule has 13 heterocycles. The number of anilines is 4. The van der Waals surface area contributed by atoms with Crippen LogP contribution in [0.15, 0.2) is 252 Å². The van der Waals surface area contributed by atoms with Gasteiger partial charge in [-0.2, -0.15) is 19.2 Å². The molecule has 4 unspecified atom stereocenters. The third kappa shape index (κ3) is 18.1. The van der Waals surface area contributed by atoms with E-state index in [2.05, 4.69) is 130 Å². The summed E-state index contributed by atoms with van der Waals surface area (Å²) in [5.41, 5.74) is 19.1. The molecular weight excluding hydrogens is 1750 g/mol. The Bertz CT molecular complexity index is 7680. The number of imide groups is 4. The molecule has 7 aromatic heterocycles. The maximum Gasteiger partial charge on any atom is 0.329 e. The number of urea groups is 4. The summed E-state index contributed by atoms with van der Waals surface area (Å²) in [4.78, 5) is 136. The van der Waals surface area contributed by atoms with E-state index in [9.17, 15) is 38.4 Å². The molecule has 10 aromatic carbocycles. The molecule has 12 amide bonds. The fourth-order valence-electron chi connectivity index (χ4n) is 16.4. The summed E-state index contributed by atoms with van der Waals surface area (Å²) < 4.78 is 10.4. The third-order valence-electron chi connectivity index (χ3n) is 23.1. The van der Waals surface area contributed by atoms with Crippen molar-refractivity contribution in [1.82, 2.24) is 127 Å². The molecule has 6 aliphatic rings. The van der Waals surface area contributed by atoms with Crippen LogP contribution in [0.4, 0.5) is 53.3 Å². The van der Waals surface area contributed by atoms with E-state index >= 15 is 0 Å². The first-order valence-corrected chi connectivity index (χ1v) is 43.2. The van der Waals surface area contributed by atoms with Gasteiger partial charge in [0.2, 0.25) is 23.3 Å². The van der Waals surface area contributed by atoms with Crippen molar-refractivity contribution in [2.24, 2.45) is 9.98 Å². The Morgan fingerprint density at radius 2 is 0.752 bits per heavy atom. The highest BCUT2D eigenvalue weighted by atomic mass is 16.5. The highest BCUT2D eigenvalue weighted by Gasteiger charge is 2.45. The minimum atomic E-state index is -0.800. The van der Waals surface area contributed by atoms with Crippen molar-refractivity contribution in [2.75, 3.05) is 26.7 Å². The van der Waals surface area contributed by atoms with Crippen LogP contribution < -0.4 is 45.6 Å². The maximum absolute atomic E-state index is 12.7. The topological polar surface area (TPSA) is 489 Å². The molecule has 137 heavy (non-hydrogen) atoms. The number of imidazole rings is 2. The number of carbonyl (C=O) groups excluding carboxylic acids is 8. The molecule has 4 atom stereocenters. The van der Waals surface area contributed by atoms with Gasteiger partial charge in [0, 0.05) is 82.8 Å². The molecule has 23 rings (SSSR count). The van der Waals surface area contributed by atoms with Crippen molar-refractivity contribution in [3.63, 3.8) is 0 Å². The lowest BCUT2D eigenvalue weighted by Crippen LogP contribution is -2.29. The van der Waals surface area contributed by atoms with Crippen molar-refractivity contribution in [3.8, 4) is 63.1 Å². The summed E-state index contributed by atoms with van der Waals surface area (Å²) in [5, 5.41) is 64.0. The number of carbonyl (C=O) groups is 8. The Hall–Kier alpha value is -18.9. The molecule has 0 bridgehead atoms. The van der Waals surface area contributed by atoms with Gasteiger partial charge >= 0.3 is 24.1 Å². The summed E-state index contributed by atoms with van der Waals surface area (Å²) in [6.07, 6.45) is 9.15. The Morgan fingerprint density at radius 3 is 1.12 bits per heavy atom. The molecule has 0 saturated carbocycles. The second-order valence-electron chi connectivity index (χ2n) is 32.2. The Balaban J connectivity index is 0.000000113. The zero-order valence-electron chi connectivity index (χ0n) is 73.2. The van der Waals surface area contributed by atoms with Gasteiger partial charge in [-0.25, -0.2) is 29.1 Å². The van der Waals surface area contributed by atoms with Gasteiger partial charge in [-0.1, -0.05) is 169 Å². The number of aliphatic imine (C=N–C) groups is 2. The molecule has 0 radical (unpaired) electrons. The van der Waals surface area contributed by atoms with Crippen molar-refractivity contribution in [3.05, 3.63) is 299 Å². The van der Waals surface area contributed by atoms with Crippen LogP contribution >= 0.6 is 0 Å². The van der Waals surface area contributed by atoms with Crippen molar-refractivity contribution < 1.29 is 47.6 Å². The van der Waals surface area contributed by atoms with Gasteiger partial charge in [0.05, 0.1) is 72.0 Å². The van der Waals surface area contributed by atoms with Crippen molar-refractivity contribution in [1.29, 1.82) is 0 Å². The number of aromatic amines is 2. The number of aromatic nitrogens is 21. The zero-order valence-corrected chi connectivity index (χ0v) is 73.2. The number of amides is 12. The average molecular weight is 1820 g/mol. The molecule has 4 saturated heterocycles. The van der Waals surface area contributed by atoms with E-state index in [0.717, 1.165) is 109 Å². The minimum Gasteiger partial charge on any atom is -0.497 e. The van der Waals surface area contributed by atoms with Gasteiger partial charge < -0.3 is 19.2 Å². The summed E-state index contributed by atoms with van der Waals surface area (Å²) in [6, 6.07) is 63.5. The molecule has 6 N–H and O–H groups in total. The highest BCUT2D eigenvalue weighted by Crippen LogP contribution is 2.41. The van der Waals surface area contributed by atoms with Crippen LogP contribution in [0.5, 0.6) is 5.75 Å². The standard InChI is InChI=1S/C25H20N8O3.C25H20N8O2.C23H18N8O3.C23H19N7O2/c1-36-19-9-2-15(3-10-19)13-32-30-23(29-31-32)17-6-4-16(5-7-17)22-24(34)28-25(35)33(22)18-8-11-20-21(12-18)27-14-26-20;1-15-2-4-16(5-3-15)13-32-30-23(29-31-32)18-8-6-17(7-9-18)22-24(34)28-25(35)33(22)19-10-11-20-21(12-19)27-14-26-20;1-13-10-18(34-28-13)12-30-27-21(26-29-30)16-4-2-15(3-5-16)20-22(32)25-23(33)31(20)17-7-6-14-8-9-24-19(14)11-17;1-2-3-4-13-29-27-21(26-28-29)17-7-5-16(6-8-17)20-22(31)25-23(32)30(20)18-10-9-15-11-12-24-19(15)14-18/h2-12,14,22H,13H2,1H3,(H,26,27)(H,28,34,35);2-12,14,22H,13H2,1H3,(H,26,27)(H,28,34,35);2-7,9-11,20H,8,12H2,1H3,(H,25,32,33);5-10,12,14,20H,2,11,13H2,1H3,(H,25,31,32). The number of nitrogens with one attached hydrogen (secondary N) is 6. The number of hydrogen-bond acceptors (Lipinski definition) is 27. The number of nitrogens with zero attached hydrogens (tertiary/aromatic N) is 25. The van der Waals surface area contributed by atoms with E-state index in [0.29, 0.717) is 100 Å². The van der Waals surface area contributed by atoms with E-state index in [1.165, 1.54) is 39.6 Å². The number of benzene rings is 10. The van der Waals surface area contributed by atoms with Crippen LogP contribution in [-0.4, -0.2) is 173 Å². The Morgan fingerprint density at radius 1 is 0.394 bits per heavy atom. The zero-order chi connectivity index (χ0) is 93.9. The predicted octanol–water partition coefficient (Wildman–Crippen LogP) is 12.0. The van der Waals surface area contributed by atoms with Crippen LogP contribution in [-0.2, 0) is 58.2 Å². The number of H-pyrrole nitrogens is 2. The van der Waals surface area contributed by atoms with Crippen molar-refractivity contribution in [2.45, 2.75) is 90.4 Å². The first-order valence-electron chi connectivity index (χ1n) is 43.2. The fraction of sp³-hybridized carbons (Fsp3) is 0.156. The molecule has 17 aromatic rings. The molecule has 0 spiro atoms. The molecule has 676 valence electrons. The summed E-state index contributed by atoms with van der Waals surface area (Å²) in [6.45, 7) is 7.54. The lowest BCUT2D eigenvalue weighted by Gasteiger charge is -2.22. The van der Waals surface area contributed by atoms with E-state index < -0.39 is 48.3 Å². The SMILES string of the molecule is CCC#CCn1nnc(-c2ccc(C3C(=O)NC(=O)N3c3ccc4c(c3)N=CC4)cc2)n1.COc1ccc(Cn2nnc(-c3ccc(C4C(=O)NC(=O)N4c4ccc5nc[nH]c5c4)cc3)n2)cc1.Cc1cc(Cn2nnc(-c3ccc(C4C(=O)NC(=O)N4c4ccc5c(c4)N=CC5)cc3)n2)on1.Cc1ccc(Cn2nnc(-c3ccc(C4C(=O)NC(=O)N4c4ccc5nc[nH]c5c4)cc3)n2)cc1. The van der Waals surface area contributed by atoms with Crippen LogP contribution in [0.25, 0.3) is 67.6 Å². The van der Waals surface area contributed by atoms with Crippen molar-refractivity contribution >= 4 is 116 Å². The monoisotopic (exact) mass is 1820 g/mol. The lowest BCUT2D eigenvalue weighted by atomic mass is 10.0. The molecule has 0 aliphatic carbocycles. The Labute approximate surface area is 776 Å². The molecule has 41 heteroatoms. The number of tetrazole rings is 4. The van der Waals surface area contributed by atoms with Gasteiger partial charge in [0.15, 0.2) is 5.76 Å². The minimum absolute atomic E-state index is 0.316. The Kier molecular flexibility index (Phi) is 23.4. The van der Waals surface area contributed by atoms with E-state index in [-0.39, 0.29) is 23.6 Å². The second kappa shape index (κ2) is 37.2. The molecule has 41 nitrogen and oxygen atoms in total. The van der Waals surface area contributed by atoms with E-state index in [1.807, 2.05) is 167 Å². The highest BCUT2D eigenvalue weighted by molar-refractivity contribution is 6.18. The lowest BCUT2D eigenvalue weighted by molar-refractivity contribution is -0.120. The van der Waals surface area contributed by atoms with Gasteiger partial charge in [-0.05, 0) is 152 Å². The molecule has 6 aliphatic heterocycles. The van der Waals surface area contributed by atoms with E-state index in [4.69, 9.17) is 9.26 Å². The van der Waals surface area contributed by atoms with E-state index in [1.54, 1.807) is 116 Å². The largest absolute Gasteiger partial charge is 0.497 e. The second-order valence-corrected chi connectivity index (χ2v) is 32.2. The van der Waals surface area contributed by atoms with Crippen LogP contribution in [0.1, 0.15) is 99.0 Å². The number of ether oxygens (including phenoxy) is 1. The summed E-state index contributed by atoms with van der Waals surface area (Å²) >= 11 is 0. The fourth-order valence-corrected chi connectivity index (χ4v) is 16.4. The summed E-state index contributed by atoms with van der Waals surface area (Å²) in [7, 11) is 1.62. The number of fused-ring (bicyclic) bond motifs is 4. The number of methoxy groups -OCH3 is 1. The molecule has 4 fully saturated rings. The van der Waals surface area contributed by atoms with Crippen LogP contribution in [0.2, 0.25) is 0 Å². The van der Waals surface area contributed by atoms with Gasteiger partial charge in [0.1, 0.15) is 43.0 Å². The first-order chi connectivity index (χ1) is 66.8. The maximum atomic E-state index is 12.7. The van der Waals surface area contributed by atoms with Crippen LogP contribution in [0, 0.1) is 25.7 Å². The predicted molar refractivity (Wildman–Crippen MR) is 498 cm³/mol. The quantitative estimate of drug-likeness (QED) is 0.0305.